The van der Waals surface area contributed by atoms with Crippen molar-refractivity contribution in [2.45, 2.75) is 38.6 Å². The zero-order valence-corrected chi connectivity index (χ0v) is 19.0. The molecule has 1 aliphatic rings. The van der Waals surface area contributed by atoms with Gasteiger partial charge in [0.2, 0.25) is 7.29 Å². The van der Waals surface area contributed by atoms with Gasteiger partial charge in [0, 0.05) is 16.2 Å². The molecule has 0 aromatic heterocycles. The molecule has 0 amide bonds. The standard InChI is InChI=1S/C28H30NOP/c1-2-3-15-24-22-27(24)28(21-20-23-13-7-4-8-14-23)29-31(30,25-16-9-5-10-17-25)26-18-11-6-12-19-26/h4-14,16-19,24,27-28H,2-3,15,22H2,1H3,(H,29,30)/t24-,27-,28+/m1/s1. The Morgan fingerprint density at radius 3 is 2.00 bits per heavy atom. The average molecular weight is 428 g/mol. The van der Waals surface area contributed by atoms with Crippen LogP contribution in [0.3, 0.4) is 0 Å². The van der Waals surface area contributed by atoms with Crippen LogP contribution in [0.4, 0.5) is 0 Å². The topological polar surface area (TPSA) is 29.1 Å². The van der Waals surface area contributed by atoms with Crippen LogP contribution in [-0.4, -0.2) is 6.04 Å². The molecule has 4 rings (SSSR count). The summed E-state index contributed by atoms with van der Waals surface area (Å²) in [4.78, 5) is 0. The molecule has 0 spiro atoms. The van der Waals surface area contributed by atoms with Crippen molar-refractivity contribution >= 4 is 17.9 Å². The van der Waals surface area contributed by atoms with Crippen LogP contribution in [0.2, 0.25) is 0 Å². The molecule has 3 atom stereocenters. The summed E-state index contributed by atoms with van der Waals surface area (Å²) in [5, 5.41) is 5.25. The van der Waals surface area contributed by atoms with E-state index >= 15 is 0 Å². The maximum atomic E-state index is 14.5. The van der Waals surface area contributed by atoms with Gasteiger partial charge in [-0.2, -0.15) is 0 Å². The number of hydrogen-bond acceptors (Lipinski definition) is 1. The van der Waals surface area contributed by atoms with Gasteiger partial charge in [-0.3, -0.25) is 4.57 Å². The van der Waals surface area contributed by atoms with Crippen LogP contribution in [0.5, 0.6) is 0 Å². The van der Waals surface area contributed by atoms with Crippen molar-refractivity contribution in [3.8, 4) is 11.8 Å². The molecule has 1 N–H and O–H groups in total. The summed E-state index contributed by atoms with van der Waals surface area (Å²) in [6, 6.07) is 29.6. The smallest absolute Gasteiger partial charge is 0.205 e. The van der Waals surface area contributed by atoms with Crippen LogP contribution in [0.15, 0.2) is 91.0 Å². The third-order valence-corrected chi connectivity index (χ3v) is 8.73. The Morgan fingerprint density at radius 1 is 0.903 bits per heavy atom. The fourth-order valence-corrected chi connectivity index (χ4v) is 6.59. The molecule has 3 aromatic rings. The Kier molecular flexibility index (Phi) is 7.08. The number of hydrogen-bond donors (Lipinski definition) is 1. The SMILES string of the molecule is CCCC[C@@H]1C[C@H]1[C@H](C#Cc1ccccc1)NP(=O)(c1ccccc1)c1ccccc1. The van der Waals surface area contributed by atoms with E-state index in [2.05, 4.69) is 23.9 Å². The summed E-state index contributed by atoms with van der Waals surface area (Å²) in [5.41, 5.74) is 0.995. The monoisotopic (exact) mass is 427 g/mol. The van der Waals surface area contributed by atoms with E-state index in [0.717, 1.165) is 22.6 Å². The second-order valence-corrected chi connectivity index (χ2v) is 10.8. The van der Waals surface area contributed by atoms with E-state index < -0.39 is 7.29 Å². The van der Waals surface area contributed by atoms with Gasteiger partial charge in [0.25, 0.3) is 0 Å². The maximum Gasteiger partial charge on any atom is 0.205 e. The van der Waals surface area contributed by atoms with Crippen LogP contribution in [0.1, 0.15) is 38.2 Å². The number of benzene rings is 3. The van der Waals surface area contributed by atoms with Crippen molar-refractivity contribution in [3.05, 3.63) is 96.6 Å². The molecule has 3 aromatic carbocycles. The zero-order valence-electron chi connectivity index (χ0n) is 18.1. The van der Waals surface area contributed by atoms with Crippen molar-refractivity contribution in [2.75, 3.05) is 0 Å². The van der Waals surface area contributed by atoms with E-state index in [1.165, 1.54) is 19.3 Å². The third kappa shape index (κ3) is 5.37. The Bertz CT molecular complexity index is 1030. The Labute approximate surface area is 186 Å². The normalized spacial score (nSPS) is 18.6. The molecule has 2 nitrogen and oxygen atoms in total. The molecular formula is C28H30NOP. The van der Waals surface area contributed by atoms with Crippen LogP contribution in [0.25, 0.3) is 0 Å². The van der Waals surface area contributed by atoms with E-state index in [4.69, 9.17) is 0 Å². The zero-order chi connectivity index (χ0) is 21.5. The quantitative estimate of drug-likeness (QED) is 0.366. The van der Waals surface area contributed by atoms with Gasteiger partial charge in [0.15, 0.2) is 0 Å². The van der Waals surface area contributed by atoms with Gasteiger partial charge in [-0.15, -0.1) is 0 Å². The van der Waals surface area contributed by atoms with Gasteiger partial charge in [0.1, 0.15) is 0 Å². The molecule has 31 heavy (non-hydrogen) atoms. The molecule has 1 saturated carbocycles. The molecule has 0 aliphatic heterocycles. The van der Waals surface area contributed by atoms with E-state index in [1.807, 2.05) is 91.0 Å². The molecule has 1 fully saturated rings. The first-order valence-corrected chi connectivity index (χ1v) is 13.0. The van der Waals surface area contributed by atoms with Gasteiger partial charge in [-0.05, 0) is 54.7 Å². The molecule has 0 radical (unpaired) electrons. The van der Waals surface area contributed by atoms with E-state index in [0.29, 0.717) is 11.8 Å². The molecule has 1 aliphatic carbocycles. The predicted molar refractivity (Wildman–Crippen MR) is 131 cm³/mol. The van der Waals surface area contributed by atoms with Gasteiger partial charge in [-0.1, -0.05) is 92.6 Å². The Balaban J connectivity index is 1.68. The second kappa shape index (κ2) is 10.1. The largest absolute Gasteiger partial charge is 0.296 e. The third-order valence-electron chi connectivity index (χ3n) is 6.04. The summed E-state index contributed by atoms with van der Waals surface area (Å²) in [6.45, 7) is 2.24. The van der Waals surface area contributed by atoms with Crippen molar-refractivity contribution < 1.29 is 4.57 Å². The predicted octanol–water partition coefficient (Wildman–Crippen LogP) is 5.75. The highest BCUT2D eigenvalue weighted by Crippen LogP contribution is 2.48. The van der Waals surface area contributed by atoms with E-state index in [1.54, 1.807) is 0 Å². The Morgan fingerprint density at radius 2 is 1.45 bits per heavy atom. The summed E-state index contributed by atoms with van der Waals surface area (Å²) in [7, 11) is -3.02. The van der Waals surface area contributed by atoms with Crippen LogP contribution < -0.4 is 15.7 Å². The summed E-state index contributed by atoms with van der Waals surface area (Å²) < 4.78 is 14.5. The summed E-state index contributed by atoms with van der Waals surface area (Å²) in [6.07, 6.45) is 4.84. The lowest BCUT2D eigenvalue weighted by Gasteiger charge is -2.24. The maximum absolute atomic E-state index is 14.5. The van der Waals surface area contributed by atoms with Crippen LogP contribution in [0, 0.1) is 23.7 Å². The lowest BCUT2D eigenvalue weighted by molar-refractivity contribution is 0.538. The number of rotatable bonds is 8. The van der Waals surface area contributed by atoms with Gasteiger partial charge < -0.3 is 0 Å². The first-order valence-electron chi connectivity index (χ1n) is 11.3. The first kappa shape index (κ1) is 21.6. The fourth-order valence-electron chi connectivity index (χ4n) is 4.16. The number of unbranched alkanes of at least 4 members (excludes halogenated alkanes) is 1. The van der Waals surface area contributed by atoms with E-state index in [-0.39, 0.29) is 6.04 Å². The molecular weight excluding hydrogens is 397 g/mol. The van der Waals surface area contributed by atoms with Gasteiger partial charge in [-0.25, -0.2) is 5.09 Å². The molecule has 0 saturated heterocycles. The minimum Gasteiger partial charge on any atom is -0.296 e. The highest BCUT2D eigenvalue weighted by molar-refractivity contribution is 7.77. The molecule has 0 heterocycles. The summed E-state index contributed by atoms with van der Waals surface area (Å²) >= 11 is 0. The Hall–Kier alpha value is -2.59. The van der Waals surface area contributed by atoms with Gasteiger partial charge in [0.05, 0.1) is 6.04 Å². The molecule has 158 valence electrons. The lowest BCUT2D eigenvalue weighted by Crippen LogP contribution is -2.36. The molecule has 0 unspecified atom stereocenters. The van der Waals surface area contributed by atoms with Crippen molar-refractivity contribution in [1.82, 2.24) is 5.09 Å². The van der Waals surface area contributed by atoms with Crippen LogP contribution in [-0.2, 0) is 4.57 Å². The van der Waals surface area contributed by atoms with E-state index in [9.17, 15) is 4.57 Å². The number of nitrogens with one attached hydrogen (secondary N) is 1. The summed E-state index contributed by atoms with van der Waals surface area (Å²) in [5.74, 6) is 7.92. The van der Waals surface area contributed by atoms with Crippen molar-refractivity contribution in [2.24, 2.45) is 11.8 Å². The fraction of sp³-hybridized carbons (Fsp3) is 0.286. The minimum atomic E-state index is -3.02. The van der Waals surface area contributed by atoms with Crippen LogP contribution >= 0.6 is 7.29 Å². The second-order valence-electron chi connectivity index (χ2n) is 8.32. The minimum absolute atomic E-state index is 0.103. The van der Waals surface area contributed by atoms with Crippen molar-refractivity contribution in [1.29, 1.82) is 0 Å². The first-order chi connectivity index (χ1) is 15.2. The highest BCUT2D eigenvalue weighted by Gasteiger charge is 2.44. The van der Waals surface area contributed by atoms with Crippen molar-refractivity contribution in [3.63, 3.8) is 0 Å². The average Bonchev–Trinajstić information content (AvgIpc) is 3.61. The lowest BCUT2D eigenvalue weighted by atomic mass is 10.1. The highest BCUT2D eigenvalue weighted by atomic mass is 31.2. The van der Waals surface area contributed by atoms with Gasteiger partial charge >= 0.3 is 0 Å². The molecule has 3 heteroatoms. The molecule has 0 bridgehead atoms.